The SMILES string of the molecule is CC.CC.CC.CC.CC.CC.CC.CCc1ccc2c3ccccc3n(C)c2c1.c1ccc2c(c1)Cc1ccccc1-2.c1ccc2c(c1)c1ccccc1c1ccccc21. The highest BCUT2D eigenvalue weighted by Gasteiger charge is 2.16. The number of nitrogens with zero attached hydrogens (tertiary/aromatic N) is 1. The van der Waals surface area contributed by atoms with E-state index in [0.29, 0.717) is 0 Å². The van der Waals surface area contributed by atoms with E-state index in [9.17, 15) is 0 Å². The molecule has 61 heavy (non-hydrogen) atoms. The zero-order valence-corrected chi connectivity index (χ0v) is 40.9. The topological polar surface area (TPSA) is 4.93 Å². The van der Waals surface area contributed by atoms with Crippen molar-refractivity contribution in [1.29, 1.82) is 0 Å². The molecule has 0 N–H and O–H groups in total. The van der Waals surface area contributed by atoms with Crippen molar-refractivity contribution in [2.75, 3.05) is 0 Å². The molecule has 10 rings (SSSR count). The fraction of sp³-hybridized carbons (Fsp3) is 0.300. The minimum Gasteiger partial charge on any atom is -0.344 e. The van der Waals surface area contributed by atoms with Gasteiger partial charge in [0.05, 0.1) is 0 Å². The van der Waals surface area contributed by atoms with Crippen LogP contribution in [0.1, 0.15) is 121 Å². The Labute approximate surface area is 372 Å². The molecule has 0 atom stereocenters. The van der Waals surface area contributed by atoms with Crippen LogP contribution >= 0.6 is 0 Å². The summed E-state index contributed by atoms with van der Waals surface area (Å²) >= 11 is 0. The van der Waals surface area contributed by atoms with E-state index >= 15 is 0 Å². The Balaban J connectivity index is 0.000000402. The van der Waals surface area contributed by atoms with Crippen LogP contribution in [-0.4, -0.2) is 4.57 Å². The van der Waals surface area contributed by atoms with Gasteiger partial charge in [-0.2, -0.15) is 0 Å². The standard InChI is InChI=1S/C18H12.C15H15N.C13H10.7C2H6/c1-2-8-14-13(7-1)15-9-3-4-11-17(15)18-12-6-5-10-16(14)18;1-3-11-8-9-13-12-6-4-5-7-14(12)16(2)15(13)10-11;1-3-7-12-10(5-1)9-11-6-2-4-8-13(11)12;7*1-2/h1-12H;4-10H,3H2,1-2H3;1-8H,9H2;7*1-2H3. The third kappa shape index (κ3) is 12.9. The Kier molecular flexibility index (Phi) is 26.6. The first-order valence-electron chi connectivity index (χ1n) is 23.6. The summed E-state index contributed by atoms with van der Waals surface area (Å²) in [4.78, 5) is 0. The third-order valence-corrected chi connectivity index (χ3v) is 9.74. The van der Waals surface area contributed by atoms with Crippen molar-refractivity contribution in [2.45, 2.75) is 117 Å². The maximum atomic E-state index is 2.30. The fourth-order valence-electron chi connectivity index (χ4n) is 7.36. The summed E-state index contributed by atoms with van der Waals surface area (Å²) in [5.74, 6) is 0. The first-order valence-corrected chi connectivity index (χ1v) is 23.6. The zero-order chi connectivity index (χ0) is 45.7. The Morgan fingerprint density at radius 2 is 0.623 bits per heavy atom. The maximum Gasteiger partial charge on any atom is 0.0491 e. The van der Waals surface area contributed by atoms with Crippen LogP contribution in [0, 0.1) is 0 Å². The van der Waals surface area contributed by atoms with E-state index in [2.05, 4.69) is 182 Å². The zero-order valence-electron chi connectivity index (χ0n) is 40.9. The molecular formula is C60H79N. The average Bonchev–Trinajstić information content (AvgIpc) is 3.90. The minimum absolute atomic E-state index is 1.09. The second-order valence-corrected chi connectivity index (χ2v) is 12.4. The van der Waals surface area contributed by atoms with E-state index in [1.54, 1.807) is 0 Å². The number of para-hydroxylation sites is 1. The molecule has 0 saturated heterocycles. The highest BCUT2D eigenvalue weighted by Crippen LogP contribution is 2.36. The lowest BCUT2D eigenvalue weighted by Crippen LogP contribution is -1.87. The number of aryl methyl sites for hydroxylation is 2. The molecule has 0 spiro atoms. The van der Waals surface area contributed by atoms with Crippen LogP contribution in [0.3, 0.4) is 0 Å². The van der Waals surface area contributed by atoms with Crippen molar-refractivity contribution < 1.29 is 0 Å². The van der Waals surface area contributed by atoms with Crippen LogP contribution in [0.4, 0.5) is 0 Å². The number of aromatic nitrogens is 1. The molecule has 0 unspecified atom stereocenters. The van der Waals surface area contributed by atoms with Gasteiger partial charge in [-0.05, 0) is 85.1 Å². The molecular weight excluding hydrogens is 735 g/mol. The van der Waals surface area contributed by atoms with Gasteiger partial charge in [-0.25, -0.2) is 0 Å². The van der Waals surface area contributed by atoms with Crippen molar-refractivity contribution >= 4 is 54.1 Å². The second-order valence-electron chi connectivity index (χ2n) is 12.4. The number of hydrogen-bond donors (Lipinski definition) is 0. The van der Waals surface area contributed by atoms with Gasteiger partial charge >= 0.3 is 0 Å². The van der Waals surface area contributed by atoms with Crippen LogP contribution in [0.25, 0.3) is 65.3 Å². The van der Waals surface area contributed by atoms with E-state index in [1.807, 2.05) is 96.9 Å². The predicted octanol–water partition coefficient (Wildman–Crippen LogP) is 19.5. The molecule has 9 aromatic rings. The van der Waals surface area contributed by atoms with Gasteiger partial charge in [0.25, 0.3) is 0 Å². The summed E-state index contributed by atoms with van der Waals surface area (Å²) < 4.78 is 2.28. The number of rotatable bonds is 1. The van der Waals surface area contributed by atoms with Gasteiger partial charge in [-0.15, -0.1) is 0 Å². The van der Waals surface area contributed by atoms with Crippen LogP contribution in [-0.2, 0) is 19.9 Å². The van der Waals surface area contributed by atoms with Gasteiger partial charge in [0.1, 0.15) is 0 Å². The summed E-state index contributed by atoms with van der Waals surface area (Å²) in [6, 6.07) is 58.6. The van der Waals surface area contributed by atoms with Crippen molar-refractivity contribution in [3.05, 3.63) is 180 Å². The maximum absolute atomic E-state index is 2.30. The third-order valence-electron chi connectivity index (χ3n) is 9.74. The van der Waals surface area contributed by atoms with Crippen molar-refractivity contribution in [2.24, 2.45) is 7.05 Å². The van der Waals surface area contributed by atoms with Gasteiger partial charge in [0.15, 0.2) is 0 Å². The second kappa shape index (κ2) is 30.4. The number of hydrogen-bond acceptors (Lipinski definition) is 0. The fourth-order valence-corrected chi connectivity index (χ4v) is 7.36. The van der Waals surface area contributed by atoms with Crippen molar-refractivity contribution in [1.82, 2.24) is 4.57 Å². The summed E-state index contributed by atoms with van der Waals surface area (Å²) in [5.41, 5.74) is 9.80. The number of benzene rings is 8. The molecule has 0 fully saturated rings. The molecule has 1 heteroatoms. The molecule has 0 radical (unpaired) electrons. The Morgan fingerprint density at radius 1 is 0.328 bits per heavy atom. The van der Waals surface area contributed by atoms with Gasteiger partial charge < -0.3 is 4.57 Å². The molecule has 0 aliphatic heterocycles. The van der Waals surface area contributed by atoms with Crippen LogP contribution in [0.5, 0.6) is 0 Å². The molecule has 1 aliphatic rings. The van der Waals surface area contributed by atoms with E-state index in [-0.39, 0.29) is 0 Å². The quantitative estimate of drug-likeness (QED) is 0.146. The molecule has 1 aromatic heterocycles. The minimum atomic E-state index is 1.09. The van der Waals surface area contributed by atoms with E-state index < -0.39 is 0 Å². The smallest absolute Gasteiger partial charge is 0.0491 e. The largest absolute Gasteiger partial charge is 0.344 e. The summed E-state index contributed by atoms with van der Waals surface area (Å²) in [7, 11) is 2.14. The first-order chi connectivity index (χ1) is 30.2. The highest BCUT2D eigenvalue weighted by molar-refractivity contribution is 6.25. The number of fused-ring (bicyclic) bond motifs is 12. The van der Waals surface area contributed by atoms with E-state index in [0.717, 1.165) is 12.8 Å². The van der Waals surface area contributed by atoms with Crippen LogP contribution < -0.4 is 0 Å². The van der Waals surface area contributed by atoms with Gasteiger partial charge in [-0.3, -0.25) is 0 Å². The Morgan fingerprint density at radius 3 is 0.984 bits per heavy atom. The predicted molar refractivity (Wildman–Crippen MR) is 283 cm³/mol. The first kappa shape index (κ1) is 53.4. The van der Waals surface area contributed by atoms with Crippen molar-refractivity contribution in [3.8, 4) is 11.1 Å². The Bertz CT molecular complexity index is 2280. The van der Waals surface area contributed by atoms with Gasteiger partial charge in [-0.1, -0.05) is 256 Å². The van der Waals surface area contributed by atoms with Crippen molar-refractivity contribution in [3.63, 3.8) is 0 Å². The molecule has 0 amide bonds. The van der Waals surface area contributed by atoms with Crippen LogP contribution in [0.2, 0.25) is 0 Å². The molecule has 1 heterocycles. The highest BCUT2D eigenvalue weighted by atomic mass is 14.9. The lowest BCUT2D eigenvalue weighted by molar-refractivity contribution is 1.01. The van der Waals surface area contributed by atoms with E-state index in [4.69, 9.17) is 0 Å². The Hall–Kier alpha value is -5.66. The van der Waals surface area contributed by atoms with Gasteiger partial charge in [0, 0.05) is 28.9 Å². The molecule has 0 bridgehead atoms. The molecule has 1 aliphatic carbocycles. The van der Waals surface area contributed by atoms with Crippen LogP contribution in [0.15, 0.2) is 164 Å². The molecule has 8 aromatic carbocycles. The normalized spacial score (nSPS) is 9.64. The molecule has 1 nitrogen and oxygen atoms in total. The lowest BCUT2D eigenvalue weighted by Gasteiger charge is -2.09. The summed E-state index contributed by atoms with van der Waals surface area (Å²) in [6.07, 6.45) is 2.20. The average molecular weight is 814 g/mol. The monoisotopic (exact) mass is 814 g/mol. The van der Waals surface area contributed by atoms with E-state index in [1.165, 1.54) is 81.9 Å². The molecule has 0 saturated carbocycles. The van der Waals surface area contributed by atoms with Gasteiger partial charge in [0.2, 0.25) is 0 Å². The lowest BCUT2D eigenvalue weighted by atomic mass is 9.95. The summed E-state index contributed by atoms with van der Waals surface area (Å²) in [6.45, 7) is 30.2. The molecule has 324 valence electrons. The summed E-state index contributed by atoms with van der Waals surface area (Å²) in [5, 5.41) is 10.7.